The maximum Gasteiger partial charge on any atom is 0.334 e. The highest BCUT2D eigenvalue weighted by molar-refractivity contribution is 6.45. The minimum Gasteiger partial charge on any atom is -0.548 e. The lowest BCUT2D eigenvalue weighted by molar-refractivity contribution is -0.305. The van der Waals surface area contributed by atoms with Crippen molar-refractivity contribution >= 4 is 23.8 Å². The molecule has 0 aliphatic carbocycles. The predicted octanol–water partition coefficient (Wildman–Crippen LogP) is -2.29. The number of carbonyl (C=O) groups excluding carboxylic acids is 4. The summed E-state index contributed by atoms with van der Waals surface area (Å²) in [5.41, 5.74) is 0. The lowest BCUT2D eigenvalue weighted by atomic mass is 10.5. The van der Waals surface area contributed by atoms with E-state index in [2.05, 4.69) is 6.58 Å². The fourth-order valence-electron chi connectivity index (χ4n) is 1.11. The van der Waals surface area contributed by atoms with Crippen molar-refractivity contribution in [3.05, 3.63) is 12.7 Å². The molecule has 7 nitrogen and oxygen atoms in total. The molecular formula is C8H7N2O5-. The van der Waals surface area contributed by atoms with Crippen molar-refractivity contribution in [3.63, 3.8) is 0 Å². The van der Waals surface area contributed by atoms with Gasteiger partial charge in [-0.05, 0) is 0 Å². The second-order valence-electron chi connectivity index (χ2n) is 2.75. The molecule has 15 heavy (non-hydrogen) atoms. The van der Waals surface area contributed by atoms with Crippen LogP contribution >= 0.6 is 0 Å². The molecule has 0 atom stereocenters. The number of amides is 4. The van der Waals surface area contributed by atoms with Gasteiger partial charge in [-0.2, -0.15) is 0 Å². The first kappa shape index (κ1) is 10.9. The van der Waals surface area contributed by atoms with Crippen molar-refractivity contribution in [2.75, 3.05) is 13.1 Å². The second kappa shape index (κ2) is 3.91. The summed E-state index contributed by atoms with van der Waals surface area (Å²) >= 11 is 0. The number of rotatable bonds is 4. The number of carbonyl (C=O) groups is 4. The van der Waals surface area contributed by atoms with Crippen LogP contribution in [-0.2, 0) is 14.4 Å². The number of carboxylic acids is 1. The number of urea groups is 1. The van der Waals surface area contributed by atoms with Gasteiger partial charge in [0.15, 0.2) is 0 Å². The highest BCUT2D eigenvalue weighted by atomic mass is 16.4. The molecule has 0 aromatic carbocycles. The average Bonchev–Trinajstić information content (AvgIpc) is 2.35. The molecule has 0 radical (unpaired) electrons. The van der Waals surface area contributed by atoms with E-state index >= 15 is 0 Å². The molecule has 1 aliphatic heterocycles. The average molecular weight is 211 g/mol. The standard InChI is InChI=1S/C8H8N2O5/c1-2-3-9-6(13)7(14)10(8(9)15)4-5(11)12/h2H,1,3-4H2,(H,11,12)/p-1. The Morgan fingerprint density at radius 3 is 2.27 bits per heavy atom. The molecule has 0 saturated carbocycles. The fourth-order valence-corrected chi connectivity index (χ4v) is 1.11. The predicted molar refractivity (Wildman–Crippen MR) is 44.0 cm³/mol. The van der Waals surface area contributed by atoms with Crippen LogP contribution in [0.15, 0.2) is 12.7 Å². The molecule has 1 rings (SSSR count). The van der Waals surface area contributed by atoms with Crippen LogP contribution in [-0.4, -0.2) is 46.7 Å². The first-order valence-corrected chi connectivity index (χ1v) is 3.97. The van der Waals surface area contributed by atoms with Gasteiger partial charge in [0, 0.05) is 6.54 Å². The van der Waals surface area contributed by atoms with Crippen molar-refractivity contribution in [2.45, 2.75) is 0 Å². The summed E-state index contributed by atoms with van der Waals surface area (Å²) in [4.78, 5) is 44.7. The largest absolute Gasteiger partial charge is 0.548 e. The van der Waals surface area contributed by atoms with Gasteiger partial charge in [0.2, 0.25) is 0 Å². The van der Waals surface area contributed by atoms with E-state index in [1.54, 1.807) is 0 Å². The van der Waals surface area contributed by atoms with Crippen LogP contribution in [0.1, 0.15) is 0 Å². The monoisotopic (exact) mass is 211 g/mol. The Hall–Kier alpha value is -2.18. The number of carboxylic acid groups (broad SMARTS) is 1. The summed E-state index contributed by atoms with van der Waals surface area (Å²) in [5.74, 6) is -3.82. The Kier molecular flexibility index (Phi) is 2.84. The third-order valence-electron chi connectivity index (χ3n) is 1.73. The molecule has 1 heterocycles. The van der Waals surface area contributed by atoms with Crippen LogP contribution in [0.5, 0.6) is 0 Å². The zero-order chi connectivity index (χ0) is 11.6. The van der Waals surface area contributed by atoms with Gasteiger partial charge in [-0.15, -0.1) is 6.58 Å². The number of hydrogen-bond acceptors (Lipinski definition) is 5. The Morgan fingerprint density at radius 2 is 1.80 bits per heavy atom. The SMILES string of the molecule is C=CCN1C(=O)C(=O)N(CC(=O)[O-])C1=O. The molecule has 1 aliphatic rings. The summed E-state index contributed by atoms with van der Waals surface area (Å²) in [7, 11) is 0. The highest BCUT2D eigenvalue weighted by Crippen LogP contribution is 2.10. The number of imide groups is 2. The lowest BCUT2D eigenvalue weighted by Gasteiger charge is -2.14. The second-order valence-corrected chi connectivity index (χ2v) is 2.75. The van der Waals surface area contributed by atoms with E-state index in [1.807, 2.05) is 0 Å². The summed E-state index contributed by atoms with van der Waals surface area (Å²) in [6.45, 7) is 2.25. The normalized spacial score (nSPS) is 16.1. The van der Waals surface area contributed by atoms with Crippen LogP contribution in [0.4, 0.5) is 4.79 Å². The Balaban J connectivity index is 2.89. The summed E-state index contributed by atoms with van der Waals surface area (Å²) in [5, 5.41) is 10.2. The van der Waals surface area contributed by atoms with Gasteiger partial charge < -0.3 is 9.90 Å². The molecular weight excluding hydrogens is 204 g/mol. The number of nitrogens with zero attached hydrogens (tertiary/aromatic N) is 2. The van der Waals surface area contributed by atoms with Gasteiger partial charge in [0.05, 0.1) is 12.5 Å². The summed E-state index contributed by atoms with van der Waals surface area (Å²) < 4.78 is 0. The Labute approximate surface area is 84.6 Å². The summed E-state index contributed by atoms with van der Waals surface area (Å²) in [6.07, 6.45) is 1.26. The molecule has 0 aromatic rings. The molecule has 7 heteroatoms. The van der Waals surface area contributed by atoms with E-state index in [0.29, 0.717) is 9.80 Å². The first-order chi connectivity index (χ1) is 6.99. The molecule has 0 N–H and O–H groups in total. The summed E-state index contributed by atoms with van der Waals surface area (Å²) in [6, 6.07) is -0.964. The lowest BCUT2D eigenvalue weighted by Crippen LogP contribution is -2.42. The zero-order valence-electron chi connectivity index (χ0n) is 7.63. The molecule has 1 fully saturated rings. The van der Waals surface area contributed by atoms with Crippen LogP contribution in [0.3, 0.4) is 0 Å². The third-order valence-corrected chi connectivity index (χ3v) is 1.73. The van der Waals surface area contributed by atoms with Crippen LogP contribution in [0.25, 0.3) is 0 Å². The molecule has 1 saturated heterocycles. The van der Waals surface area contributed by atoms with Crippen molar-refractivity contribution in [3.8, 4) is 0 Å². The number of hydrogen-bond donors (Lipinski definition) is 0. The van der Waals surface area contributed by atoms with Gasteiger partial charge in [-0.25, -0.2) is 9.69 Å². The van der Waals surface area contributed by atoms with Crippen molar-refractivity contribution in [2.24, 2.45) is 0 Å². The van der Waals surface area contributed by atoms with E-state index in [0.717, 1.165) is 0 Å². The molecule has 4 amide bonds. The maximum absolute atomic E-state index is 11.3. The number of aliphatic carboxylic acids is 1. The van der Waals surface area contributed by atoms with Gasteiger partial charge in [-0.3, -0.25) is 14.5 Å². The first-order valence-electron chi connectivity index (χ1n) is 3.97. The Morgan fingerprint density at radius 1 is 1.27 bits per heavy atom. The maximum atomic E-state index is 11.3. The van der Waals surface area contributed by atoms with Gasteiger partial charge in [0.25, 0.3) is 0 Å². The zero-order valence-corrected chi connectivity index (χ0v) is 7.63. The minimum absolute atomic E-state index is 0.132. The van der Waals surface area contributed by atoms with Crippen LogP contribution in [0, 0.1) is 0 Å². The molecule has 80 valence electrons. The highest BCUT2D eigenvalue weighted by Gasteiger charge is 2.43. The van der Waals surface area contributed by atoms with E-state index in [9.17, 15) is 24.3 Å². The quantitative estimate of drug-likeness (QED) is 0.296. The van der Waals surface area contributed by atoms with E-state index in [-0.39, 0.29) is 6.54 Å². The smallest absolute Gasteiger partial charge is 0.334 e. The van der Waals surface area contributed by atoms with E-state index in [4.69, 9.17) is 0 Å². The topological polar surface area (TPSA) is 97.8 Å². The Bertz CT molecular complexity index is 362. The van der Waals surface area contributed by atoms with Gasteiger partial charge >= 0.3 is 17.8 Å². The molecule has 0 aromatic heterocycles. The van der Waals surface area contributed by atoms with Crippen molar-refractivity contribution < 1.29 is 24.3 Å². The van der Waals surface area contributed by atoms with Crippen LogP contribution in [0.2, 0.25) is 0 Å². The van der Waals surface area contributed by atoms with Gasteiger partial charge in [-0.1, -0.05) is 6.08 Å². The third kappa shape index (κ3) is 1.85. The van der Waals surface area contributed by atoms with Gasteiger partial charge in [0.1, 0.15) is 0 Å². The molecule has 0 spiro atoms. The molecule has 0 unspecified atom stereocenters. The van der Waals surface area contributed by atoms with Crippen LogP contribution < -0.4 is 5.11 Å². The molecule has 0 bridgehead atoms. The van der Waals surface area contributed by atoms with E-state index in [1.165, 1.54) is 6.08 Å². The van der Waals surface area contributed by atoms with Crippen molar-refractivity contribution in [1.29, 1.82) is 0 Å². The van der Waals surface area contributed by atoms with E-state index < -0.39 is 30.4 Å². The fraction of sp³-hybridized carbons (Fsp3) is 0.250. The minimum atomic E-state index is -1.61. The van der Waals surface area contributed by atoms with Crippen molar-refractivity contribution in [1.82, 2.24) is 9.80 Å².